The van der Waals surface area contributed by atoms with Crippen LogP contribution in [0.15, 0.2) is 24.3 Å². The molecule has 16 heavy (non-hydrogen) atoms. The zero-order chi connectivity index (χ0) is 11.8. The summed E-state index contributed by atoms with van der Waals surface area (Å²) < 4.78 is 0. The Morgan fingerprint density at radius 3 is 2.81 bits per heavy atom. The third-order valence-corrected chi connectivity index (χ3v) is 2.92. The summed E-state index contributed by atoms with van der Waals surface area (Å²) in [7, 11) is 0. The normalized spacial score (nSPS) is 12.7. The van der Waals surface area contributed by atoms with Gasteiger partial charge in [0.25, 0.3) is 0 Å². The van der Waals surface area contributed by atoms with Crippen molar-refractivity contribution in [2.24, 2.45) is 5.73 Å². The summed E-state index contributed by atoms with van der Waals surface area (Å²) in [5, 5.41) is 4.34. The largest absolute Gasteiger partial charge is 0.330 e. The second-order valence-electron chi connectivity index (χ2n) is 3.97. The molecule has 0 aromatic heterocycles. The van der Waals surface area contributed by atoms with Gasteiger partial charge in [-0.2, -0.15) is 0 Å². The Bertz CT molecular complexity index is 302. The summed E-state index contributed by atoms with van der Waals surface area (Å²) in [6.45, 7) is 3.97. The van der Waals surface area contributed by atoms with E-state index in [2.05, 4.69) is 18.3 Å². The van der Waals surface area contributed by atoms with Gasteiger partial charge >= 0.3 is 0 Å². The van der Waals surface area contributed by atoms with E-state index in [-0.39, 0.29) is 0 Å². The Balaban J connectivity index is 2.47. The van der Waals surface area contributed by atoms with Gasteiger partial charge in [-0.3, -0.25) is 0 Å². The molecule has 90 valence electrons. The maximum absolute atomic E-state index is 5.99. The zero-order valence-corrected chi connectivity index (χ0v) is 10.6. The number of benzene rings is 1. The second-order valence-corrected chi connectivity index (χ2v) is 4.40. The number of hydrogen-bond donors (Lipinski definition) is 2. The van der Waals surface area contributed by atoms with E-state index in [1.54, 1.807) is 0 Å². The van der Waals surface area contributed by atoms with Crippen molar-refractivity contribution >= 4 is 11.6 Å². The molecule has 1 atom stereocenters. The molecule has 2 nitrogen and oxygen atoms in total. The molecular formula is C13H21ClN2. The smallest absolute Gasteiger partial charge is 0.0409 e. The lowest BCUT2D eigenvalue weighted by Crippen LogP contribution is -2.22. The standard InChI is InChI=1S/C13H21ClN2/c1-2-13(16-9-4-3-8-15)11-6-5-7-12(14)10-11/h5-7,10,13,16H,2-4,8-9,15H2,1H3. The van der Waals surface area contributed by atoms with E-state index in [1.807, 2.05) is 18.2 Å². The minimum atomic E-state index is 0.400. The molecular weight excluding hydrogens is 220 g/mol. The maximum Gasteiger partial charge on any atom is 0.0409 e. The van der Waals surface area contributed by atoms with Gasteiger partial charge < -0.3 is 11.1 Å². The zero-order valence-electron chi connectivity index (χ0n) is 9.88. The molecule has 0 aliphatic carbocycles. The maximum atomic E-state index is 5.99. The average Bonchev–Trinajstić information content (AvgIpc) is 2.29. The van der Waals surface area contributed by atoms with E-state index in [1.165, 1.54) is 5.56 Å². The van der Waals surface area contributed by atoms with Crippen molar-refractivity contribution in [3.63, 3.8) is 0 Å². The molecule has 1 aromatic carbocycles. The molecule has 0 bridgehead atoms. The van der Waals surface area contributed by atoms with Gasteiger partial charge in [0.05, 0.1) is 0 Å². The molecule has 0 aliphatic heterocycles. The van der Waals surface area contributed by atoms with Crippen molar-refractivity contribution in [3.05, 3.63) is 34.9 Å². The Morgan fingerprint density at radius 1 is 1.38 bits per heavy atom. The molecule has 1 unspecified atom stereocenters. The third-order valence-electron chi connectivity index (χ3n) is 2.68. The van der Waals surface area contributed by atoms with Crippen LogP contribution in [-0.2, 0) is 0 Å². The van der Waals surface area contributed by atoms with Gasteiger partial charge in [-0.05, 0) is 50.0 Å². The molecule has 0 fully saturated rings. The molecule has 0 saturated carbocycles. The van der Waals surface area contributed by atoms with Crippen LogP contribution in [0.5, 0.6) is 0 Å². The average molecular weight is 241 g/mol. The van der Waals surface area contributed by atoms with Gasteiger partial charge in [-0.25, -0.2) is 0 Å². The van der Waals surface area contributed by atoms with Crippen molar-refractivity contribution < 1.29 is 0 Å². The van der Waals surface area contributed by atoms with Crippen LogP contribution in [0.3, 0.4) is 0 Å². The number of hydrogen-bond acceptors (Lipinski definition) is 2. The second kappa shape index (κ2) is 7.66. The minimum absolute atomic E-state index is 0.400. The van der Waals surface area contributed by atoms with Crippen LogP contribution in [0.25, 0.3) is 0 Å². The van der Waals surface area contributed by atoms with Crippen LogP contribution < -0.4 is 11.1 Å². The van der Waals surface area contributed by atoms with E-state index in [0.29, 0.717) is 6.04 Å². The Hall–Kier alpha value is -0.570. The molecule has 0 amide bonds. The molecule has 3 heteroatoms. The first kappa shape index (κ1) is 13.5. The van der Waals surface area contributed by atoms with Gasteiger partial charge in [-0.15, -0.1) is 0 Å². The Morgan fingerprint density at radius 2 is 2.19 bits per heavy atom. The first-order valence-corrected chi connectivity index (χ1v) is 6.34. The highest BCUT2D eigenvalue weighted by Crippen LogP contribution is 2.20. The lowest BCUT2D eigenvalue weighted by Gasteiger charge is -2.17. The molecule has 1 aromatic rings. The van der Waals surface area contributed by atoms with E-state index in [4.69, 9.17) is 17.3 Å². The van der Waals surface area contributed by atoms with Crippen LogP contribution in [0.4, 0.5) is 0 Å². The third kappa shape index (κ3) is 4.52. The summed E-state index contributed by atoms with van der Waals surface area (Å²) in [6.07, 6.45) is 3.29. The van der Waals surface area contributed by atoms with E-state index in [0.717, 1.165) is 37.4 Å². The van der Waals surface area contributed by atoms with Crippen LogP contribution >= 0.6 is 11.6 Å². The van der Waals surface area contributed by atoms with Gasteiger partial charge in [0.1, 0.15) is 0 Å². The lowest BCUT2D eigenvalue weighted by atomic mass is 10.0. The van der Waals surface area contributed by atoms with Gasteiger partial charge in [-0.1, -0.05) is 30.7 Å². The van der Waals surface area contributed by atoms with Gasteiger partial charge in [0, 0.05) is 11.1 Å². The van der Waals surface area contributed by atoms with E-state index in [9.17, 15) is 0 Å². The van der Waals surface area contributed by atoms with E-state index < -0.39 is 0 Å². The number of nitrogens with two attached hydrogens (primary N) is 1. The highest BCUT2D eigenvalue weighted by atomic mass is 35.5. The highest BCUT2D eigenvalue weighted by Gasteiger charge is 2.07. The van der Waals surface area contributed by atoms with E-state index >= 15 is 0 Å². The molecule has 0 spiro atoms. The predicted octanol–water partition coefficient (Wildman–Crippen LogP) is 3.12. The number of unbranched alkanes of at least 4 members (excludes halogenated alkanes) is 1. The summed E-state index contributed by atoms with van der Waals surface area (Å²) in [4.78, 5) is 0. The molecule has 0 radical (unpaired) electrons. The fourth-order valence-corrected chi connectivity index (χ4v) is 1.97. The van der Waals surface area contributed by atoms with Crippen LogP contribution in [0, 0.1) is 0 Å². The molecule has 3 N–H and O–H groups in total. The fourth-order valence-electron chi connectivity index (χ4n) is 1.77. The SMILES string of the molecule is CCC(NCCCCN)c1cccc(Cl)c1. The first-order chi connectivity index (χ1) is 7.77. The summed E-state index contributed by atoms with van der Waals surface area (Å²) in [6, 6.07) is 8.46. The lowest BCUT2D eigenvalue weighted by molar-refractivity contribution is 0.504. The van der Waals surface area contributed by atoms with Gasteiger partial charge in [0.15, 0.2) is 0 Å². The Kier molecular flexibility index (Phi) is 6.46. The monoisotopic (exact) mass is 240 g/mol. The summed E-state index contributed by atoms with van der Waals surface area (Å²) in [5.74, 6) is 0. The quantitative estimate of drug-likeness (QED) is 0.719. The van der Waals surface area contributed by atoms with Crippen molar-refractivity contribution in [3.8, 4) is 0 Å². The first-order valence-electron chi connectivity index (χ1n) is 5.96. The molecule has 0 aliphatic rings. The van der Waals surface area contributed by atoms with Crippen molar-refractivity contribution in [1.29, 1.82) is 0 Å². The number of rotatable bonds is 7. The minimum Gasteiger partial charge on any atom is -0.330 e. The number of nitrogens with one attached hydrogen (secondary N) is 1. The molecule has 0 heterocycles. The number of halogens is 1. The Labute approximate surface area is 103 Å². The van der Waals surface area contributed by atoms with Crippen LogP contribution in [0.2, 0.25) is 5.02 Å². The molecule has 1 rings (SSSR count). The van der Waals surface area contributed by atoms with Crippen LogP contribution in [0.1, 0.15) is 37.8 Å². The van der Waals surface area contributed by atoms with Crippen molar-refractivity contribution in [1.82, 2.24) is 5.32 Å². The predicted molar refractivity (Wildman–Crippen MR) is 70.8 cm³/mol. The highest BCUT2D eigenvalue weighted by molar-refractivity contribution is 6.30. The van der Waals surface area contributed by atoms with Gasteiger partial charge in [0.2, 0.25) is 0 Å². The summed E-state index contributed by atoms with van der Waals surface area (Å²) in [5.41, 5.74) is 6.73. The van der Waals surface area contributed by atoms with Crippen LogP contribution in [-0.4, -0.2) is 13.1 Å². The fraction of sp³-hybridized carbons (Fsp3) is 0.538. The van der Waals surface area contributed by atoms with Crippen molar-refractivity contribution in [2.75, 3.05) is 13.1 Å². The topological polar surface area (TPSA) is 38.0 Å². The van der Waals surface area contributed by atoms with Crippen molar-refractivity contribution in [2.45, 2.75) is 32.2 Å². The summed E-state index contributed by atoms with van der Waals surface area (Å²) >= 11 is 5.99. The molecule has 0 saturated heterocycles.